The highest BCUT2D eigenvalue weighted by atomic mass is 32.2. The summed E-state index contributed by atoms with van der Waals surface area (Å²) in [4.78, 5) is 31.3. The normalized spacial score (nSPS) is 14.6. The fourth-order valence-electron chi connectivity index (χ4n) is 4.02. The van der Waals surface area contributed by atoms with Crippen molar-refractivity contribution in [3.63, 3.8) is 0 Å². The maximum Gasteiger partial charge on any atom is 0.352 e. The molecule has 0 fully saturated rings. The fourth-order valence-corrected chi connectivity index (χ4v) is 7.35. The van der Waals surface area contributed by atoms with E-state index >= 15 is 0 Å². The van der Waals surface area contributed by atoms with Crippen LogP contribution in [0.4, 0.5) is 0 Å². The number of aromatic nitrogens is 2. The van der Waals surface area contributed by atoms with Crippen molar-refractivity contribution in [2.24, 2.45) is 0 Å². The van der Waals surface area contributed by atoms with E-state index in [2.05, 4.69) is 23.8 Å². The molecule has 0 aromatic carbocycles. The molecule has 4 aromatic rings. The number of hydrogen-bond donors (Lipinski definition) is 4. The minimum atomic E-state index is -0.963. The van der Waals surface area contributed by atoms with Gasteiger partial charge in [-0.2, -0.15) is 11.8 Å². The Morgan fingerprint density at radius 3 is 1.62 bits per heavy atom. The summed E-state index contributed by atoms with van der Waals surface area (Å²) in [6.07, 6.45) is 0. The van der Waals surface area contributed by atoms with Gasteiger partial charge in [0.15, 0.2) is 0 Å². The Hall–Kier alpha value is -2.49. The van der Waals surface area contributed by atoms with E-state index in [4.69, 9.17) is 0 Å². The maximum absolute atomic E-state index is 11.4. The molecule has 4 N–H and O–H groups in total. The number of thiophene rings is 2. The molecule has 0 bridgehead atoms. The molecular weight excluding hydrogens is 428 g/mol. The first-order valence-corrected chi connectivity index (χ1v) is 11.6. The van der Waals surface area contributed by atoms with Gasteiger partial charge in [-0.3, -0.25) is 0 Å². The second kappa shape index (κ2) is 6.51. The van der Waals surface area contributed by atoms with Crippen molar-refractivity contribution in [2.75, 3.05) is 11.5 Å². The molecule has 0 saturated carbocycles. The van der Waals surface area contributed by atoms with Crippen molar-refractivity contribution in [3.05, 3.63) is 44.4 Å². The molecule has 0 unspecified atom stereocenters. The van der Waals surface area contributed by atoms with Crippen LogP contribution in [-0.2, 0) is 0 Å². The molecule has 0 amide bonds. The molecule has 0 radical (unpaired) electrons. The summed E-state index contributed by atoms with van der Waals surface area (Å²) in [5.41, 5.74) is 6.72. The quantitative estimate of drug-likeness (QED) is 0.335. The van der Waals surface area contributed by atoms with Gasteiger partial charge in [-0.05, 0) is 37.1 Å². The van der Waals surface area contributed by atoms with E-state index in [0.29, 0.717) is 0 Å². The summed E-state index contributed by atoms with van der Waals surface area (Å²) in [5.74, 6) is -0.246. The molecule has 6 nitrogen and oxygen atoms in total. The van der Waals surface area contributed by atoms with E-state index in [9.17, 15) is 19.8 Å². The standard InChI is InChI=1S/C20H16N2O4S3/c1-7-15(17-13(28-7)3-11(21-17)19(23)24)9-5-27-6-10(9)16-8(2)29-14-4-12(20(25)26)22-18(14)16/h3-4,21-22H,5-6H2,1-2H3,(H,23,24)(H,25,26). The lowest BCUT2D eigenvalue weighted by Crippen LogP contribution is -1.97. The first-order valence-electron chi connectivity index (χ1n) is 8.86. The summed E-state index contributed by atoms with van der Waals surface area (Å²) < 4.78 is 1.89. The summed E-state index contributed by atoms with van der Waals surface area (Å²) in [7, 11) is 0. The predicted octanol–water partition coefficient (Wildman–Crippen LogP) is 5.44. The summed E-state index contributed by atoms with van der Waals surface area (Å²) >= 11 is 5.02. The van der Waals surface area contributed by atoms with Crippen LogP contribution in [0.1, 0.15) is 41.9 Å². The Labute approximate surface area is 177 Å². The molecule has 1 aliphatic rings. The Morgan fingerprint density at radius 1 is 0.828 bits per heavy atom. The van der Waals surface area contributed by atoms with E-state index in [-0.39, 0.29) is 11.4 Å². The van der Waals surface area contributed by atoms with E-state index in [1.165, 1.54) is 11.1 Å². The topological polar surface area (TPSA) is 106 Å². The Morgan fingerprint density at radius 2 is 1.24 bits per heavy atom. The van der Waals surface area contributed by atoms with Crippen LogP contribution in [0.15, 0.2) is 12.1 Å². The fraction of sp³-hybridized carbons (Fsp3) is 0.200. The molecule has 0 atom stereocenters. The Kier molecular flexibility index (Phi) is 4.16. The third-order valence-corrected chi connectivity index (χ3v) is 8.30. The van der Waals surface area contributed by atoms with Crippen molar-refractivity contribution >= 4 is 78.0 Å². The smallest absolute Gasteiger partial charge is 0.352 e. The van der Waals surface area contributed by atoms with Crippen LogP contribution in [0.25, 0.3) is 31.6 Å². The van der Waals surface area contributed by atoms with Crippen LogP contribution in [0.2, 0.25) is 0 Å². The van der Waals surface area contributed by atoms with E-state index in [1.54, 1.807) is 34.8 Å². The zero-order chi connectivity index (χ0) is 20.4. The van der Waals surface area contributed by atoms with Crippen molar-refractivity contribution in [2.45, 2.75) is 13.8 Å². The minimum Gasteiger partial charge on any atom is -0.477 e. The van der Waals surface area contributed by atoms with Crippen molar-refractivity contribution in [1.82, 2.24) is 9.97 Å². The van der Waals surface area contributed by atoms with Gasteiger partial charge in [0.1, 0.15) is 11.4 Å². The number of hydrogen-bond acceptors (Lipinski definition) is 5. The van der Waals surface area contributed by atoms with Crippen LogP contribution in [0.5, 0.6) is 0 Å². The number of carboxylic acids is 2. The number of aryl methyl sites for hydroxylation is 2. The Bertz CT molecular complexity index is 1260. The van der Waals surface area contributed by atoms with Crippen molar-refractivity contribution < 1.29 is 19.8 Å². The largest absolute Gasteiger partial charge is 0.477 e. The maximum atomic E-state index is 11.4. The van der Waals surface area contributed by atoms with E-state index in [0.717, 1.165) is 52.8 Å². The molecule has 0 aliphatic carbocycles. The summed E-state index contributed by atoms with van der Waals surface area (Å²) in [6.45, 7) is 4.13. The van der Waals surface area contributed by atoms with Gasteiger partial charge in [0.2, 0.25) is 0 Å². The van der Waals surface area contributed by atoms with Gasteiger partial charge in [0.05, 0.1) is 20.4 Å². The Balaban J connectivity index is 1.76. The lowest BCUT2D eigenvalue weighted by atomic mass is 9.96. The molecule has 5 rings (SSSR count). The highest BCUT2D eigenvalue weighted by Crippen LogP contribution is 2.47. The molecule has 4 aromatic heterocycles. The van der Waals surface area contributed by atoms with Gasteiger partial charge in [-0.1, -0.05) is 0 Å². The molecule has 0 spiro atoms. The number of thioether (sulfide) groups is 1. The van der Waals surface area contributed by atoms with Crippen molar-refractivity contribution in [3.8, 4) is 0 Å². The van der Waals surface area contributed by atoms with Crippen LogP contribution in [0.3, 0.4) is 0 Å². The van der Waals surface area contributed by atoms with Gasteiger partial charge >= 0.3 is 11.9 Å². The minimum absolute atomic E-state index is 0.199. The lowest BCUT2D eigenvalue weighted by Gasteiger charge is -2.08. The zero-order valence-corrected chi connectivity index (χ0v) is 18.0. The average molecular weight is 445 g/mol. The van der Waals surface area contributed by atoms with Crippen LogP contribution < -0.4 is 0 Å². The van der Waals surface area contributed by atoms with Crippen molar-refractivity contribution in [1.29, 1.82) is 0 Å². The van der Waals surface area contributed by atoms with Gasteiger partial charge in [0, 0.05) is 32.4 Å². The van der Waals surface area contributed by atoms with Crippen LogP contribution >= 0.6 is 34.4 Å². The number of H-pyrrole nitrogens is 2. The number of carboxylic acid groups (broad SMARTS) is 2. The summed E-state index contributed by atoms with van der Waals surface area (Å²) in [6, 6.07) is 3.39. The first-order chi connectivity index (χ1) is 13.8. The lowest BCUT2D eigenvalue weighted by molar-refractivity contribution is 0.0681. The van der Waals surface area contributed by atoms with Crippen LogP contribution in [-0.4, -0.2) is 43.6 Å². The number of rotatable bonds is 4. The number of nitrogens with one attached hydrogen (secondary N) is 2. The monoisotopic (exact) mass is 444 g/mol. The third kappa shape index (κ3) is 2.76. The SMILES string of the molecule is Cc1sc2cc(C(=O)O)[nH]c2c1C1=C(c2c(C)sc3cc(C(=O)O)[nH]c23)CSC1. The average Bonchev–Trinajstić information content (AvgIpc) is 3.40. The van der Waals surface area contributed by atoms with Gasteiger partial charge < -0.3 is 20.2 Å². The van der Waals surface area contributed by atoms with Gasteiger partial charge in [-0.15, -0.1) is 22.7 Å². The molecular formula is C20H16N2O4S3. The number of aromatic carboxylic acids is 2. The molecule has 1 aliphatic heterocycles. The molecule has 148 valence electrons. The van der Waals surface area contributed by atoms with E-state index < -0.39 is 11.9 Å². The second-order valence-corrected chi connectivity index (χ2v) is 10.5. The number of aromatic amines is 2. The number of fused-ring (bicyclic) bond motifs is 2. The number of carbonyl (C=O) groups is 2. The highest BCUT2D eigenvalue weighted by molar-refractivity contribution is 8.00. The van der Waals surface area contributed by atoms with Crippen LogP contribution in [0, 0.1) is 13.8 Å². The molecule has 5 heterocycles. The molecule has 9 heteroatoms. The molecule has 29 heavy (non-hydrogen) atoms. The summed E-state index contributed by atoms with van der Waals surface area (Å²) in [5, 5.41) is 18.7. The molecule has 0 saturated heterocycles. The van der Waals surface area contributed by atoms with E-state index in [1.807, 2.05) is 11.8 Å². The second-order valence-electron chi connectivity index (χ2n) is 6.97. The third-order valence-electron chi connectivity index (χ3n) is 5.21. The van der Waals surface area contributed by atoms with Gasteiger partial charge in [-0.25, -0.2) is 9.59 Å². The predicted molar refractivity (Wildman–Crippen MR) is 120 cm³/mol. The highest BCUT2D eigenvalue weighted by Gasteiger charge is 2.28. The van der Waals surface area contributed by atoms with Gasteiger partial charge in [0.25, 0.3) is 0 Å². The zero-order valence-electron chi connectivity index (χ0n) is 15.5. The first kappa shape index (κ1) is 18.5.